The number of imidazole rings is 1. The molecule has 0 atom stereocenters. The van der Waals surface area contributed by atoms with Crippen LogP contribution in [0.4, 0.5) is 0 Å². The molecule has 0 saturated heterocycles. The van der Waals surface area contributed by atoms with Gasteiger partial charge in [0.25, 0.3) is 0 Å². The number of carbonyl (C=O) groups excluding carboxylic acids is 1. The van der Waals surface area contributed by atoms with E-state index in [-0.39, 0.29) is 12.3 Å². The predicted molar refractivity (Wildman–Crippen MR) is 72.9 cm³/mol. The number of aromatic nitrogens is 3. The van der Waals surface area contributed by atoms with E-state index in [0.717, 1.165) is 28.0 Å². The zero-order chi connectivity index (χ0) is 13.6. The van der Waals surface area contributed by atoms with Crippen LogP contribution in [-0.4, -0.2) is 20.3 Å². The topological polar surface area (TPSA) is 73.3 Å². The second-order valence-electron chi connectivity index (χ2n) is 4.64. The van der Waals surface area contributed by atoms with E-state index in [9.17, 15) is 4.79 Å². The molecule has 2 heterocycles. The second-order valence-corrected chi connectivity index (χ2v) is 4.64. The molecule has 0 bridgehead atoms. The van der Waals surface area contributed by atoms with Crippen LogP contribution in [0.3, 0.4) is 0 Å². The molecule has 0 aliphatic carbocycles. The van der Waals surface area contributed by atoms with Crippen LogP contribution in [0, 0.1) is 13.8 Å². The molecule has 96 valence electrons. The molecule has 5 nitrogen and oxygen atoms in total. The zero-order valence-electron chi connectivity index (χ0n) is 10.8. The minimum atomic E-state index is -0.350. The molecule has 1 aromatic carbocycles. The average molecular weight is 254 g/mol. The molecule has 0 aliphatic heterocycles. The number of primary amides is 1. The van der Waals surface area contributed by atoms with E-state index < -0.39 is 0 Å². The second kappa shape index (κ2) is 4.05. The van der Waals surface area contributed by atoms with Gasteiger partial charge in [0.2, 0.25) is 11.7 Å². The average Bonchev–Trinajstić information content (AvgIpc) is 2.72. The predicted octanol–water partition coefficient (Wildman–Crippen LogP) is 1.53. The lowest BCUT2D eigenvalue weighted by molar-refractivity contribution is -0.117. The molecule has 0 saturated carbocycles. The van der Waals surface area contributed by atoms with Gasteiger partial charge in [-0.25, -0.2) is 9.97 Å². The van der Waals surface area contributed by atoms with E-state index >= 15 is 0 Å². The highest BCUT2D eigenvalue weighted by molar-refractivity contribution is 5.81. The molecule has 3 rings (SSSR count). The van der Waals surface area contributed by atoms with Crippen molar-refractivity contribution in [3.8, 4) is 0 Å². The number of rotatable bonds is 2. The maximum absolute atomic E-state index is 11.2. The molecule has 2 aromatic heterocycles. The Kier molecular flexibility index (Phi) is 2.48. The van der Waals surface area contributed by atoms with Crippen molar-refractivity contribution in [2.24, 2.45) is 5.73 Å². The largest absolute Gasteiger partial charge is 0.369 e. The molecule has 0 aliphatic rings. The van der Waals surface area contributed by atoms with Crippen molar-refractivity contribution in [2.45, 2.75) is 20.3 Å². The molecule has 0 fully saturated rings. The van der Waals surface area contributed by atoms with Crippen LogP contribution in [0.2, 0.25) is 0 Å². The lowest BCUT2D eigenvalue weighted by Gasteiger charge is -2.10. The van der Waals surface area contributed by atoms with E-state index in [1.54, 1.807) is 0 Å². The first-order chi connectivity index (χ1) is 9.08. The molecule has 2 N–H and O–H groups in total. The van der Waals surface area contributed by atoms with Crippen molar-refractivity contribution < 1.29 is 4.79 Å². The third kappa shape index (κ3) is 1.74. The van der Waals surface area contributed by atoms with Gasteiger partial charge in [0.15, 0.2) is 0 Å². The molecule has 5 heteroatoms. The summed E-state index contributed by atoms with van der Waals surface area (Å²) in [7, 11) is 0. The van der Waals surface area contributed by atoms with E-state index in [4.69, 9.17) is 5.73 Å². The Balaban J connectivity index is 2.41. The van der Waals surface area contributed by atoms with E-state index in [0.29, 0.717) is 5.78 Å². The van der Waals surface area contributed by atoms with Crippen LogP contribution in [0.15, 0.2) is 24.3 Å². The van der Waals surface area contributed by atoms with E-state index in [1.165, 1.54) is 0 Å². The highest BCUT2D eigenvalue weighted by Crippen LogP contribution is 2.21. The van der Waals surface area contributed by atoms with Crippen LogP contribution in [0.25, 0.3) is 16.8 Å². The Morgan fingerprint density at radius 3 is 2.74 bits per heavy atom. The Bertz CT molecular complexity index is 804. The minimum absolute atomic E-state index is 0.202. The number of fused-ring (bicyclic) bond motifs is 3. The SMILES string of the molecule is Cc1nc2nc3ccccc3n2c(C)c1CC(N)=O. The quantitative estimate of drug-likeness (QED) is 0.753. The number of hydrogen-bond donors (Lipinski definition) is 1. The van der Waals surface area contributed by atoms with Gasteiger partial charge in [-0.1, -0.05) is 12.1 Å². The lowest BCUT2D eigenvalue weighted by atomic mass is 10.1. The smallest absolute Gasteiger partial charge is 0.235 e. The Morgan fingerprint density at radius 2 is 2.00 bits per heavy atom. The summed E-state index contributed by atoms with van der Waals surface area (Å²) in [5, 5.41) is 0. The number of carbonyl (C=O) groups is 1. The van der Waals surface area contributed by atoms with Gasteiger partial charge in [0, 0.05) is 17.0 Å². The highest BCUT2D eigenvalue weighted by Gasteiger charge is 2.14. The summed E-state index contributed by atoms with van der Waals surface area (Å²) < 4.78 is 1.97. The van der Waals surface area contributed by atoms with Crippen molar-refractivity contribution in [3.63, 3.8) is 0 Å². The van der Waals surface area contributed by atoms with Crippen molar-refractivity contribution >= 4 is 22.7 Å². The molecule has 19 heavy (non-hydrogen) atoms. The summed E-state index contributed by atoms with van der Waals surface area (Å²) in [6, 6.07) is 7.85. The van der Waals surface area contributed by atoms with Gasteiger partial charge in [-0.15, -0.1) is 0 Å². The van der Waals surface area contributed by atoms with Gasteiger partial charge < -0.3 is 5.73 Å². The third-order valence-corrected chi connectivity index (χ3v) is 3.37. The normalized spacial score (nSPS) is 11.3. The fourth-order valence-electron chi connectivity index (χ4n) is 2.46. The Morgan fingerprint density at radius 1 is 1.26 bits per heavy atom. The van der Waals surface area contributed by atoms with Crippen LogP contribution >= 0.6 is 0 Å². The summed E-state index contributed by atoms with van der Waals surface area (Å²) in [6.45, 7) is 3.85. The number of nitrogens with two attached hydrogens (primary N) is 1. The van der Waals surface area contributed by atoms with Crippen molar-refractivity contribution in [3.05, 3.63) is 41.2 Å². The highest BCUT2D eigenvalue weighted by atomic mass is 16.1. The summed E-state index contributed by atoms with van der Waals surface area (Å²) in [5.74, 6) is 0.307. The minimum Gasteiger partial charge on any atom is -0.369 e. The van der Waals surface area contributed by atoms with Gasteiger partial charge in [0.1, 0.15) is 0 Å². The number of para-hydroxylation sites is 2. The van der Waals surface area contributed by atoms with Crippen molar-refractivity contribution in [2.75, 3.05) is 0 Å². The monoisotopic (exact) mass is 254 g/mol. The van der Waals surface area contributed by atoms with Crippen LogP contribution in [0.1, 0.15) is 17.0 Å². The van der Waals surface area contributed by atoms with Gasteiger partial charge in [0.05, 0.1) is 17.5 Å². The Hall–Kier alpha value is -2.43. The van der Waals surface area contributed by atoms with E-state index in [2.05, 4.69) is 9.97 Å². The lowest BCUT2D eigenvalue weighted by Crippen LogP contribution is -2.17. The molecule has 0 unspecified atom stereocenters. The maximum Gasteiger partial charge on any atom is 0.235 e. The first-order valence-corrected chi connectivity index (χ1v) is 6.09. The first-order valence-electron chi connectivity index (χ1n) is 6.09. The van der Waals surface area contributed by atoms with Crippen LogP contribution in [-0.2, 0) is 11.2 Å². The van der Waals surface area contributed by atoms with Gasteiger partial charge in [-0.3, -0.25) is 9.20 Å². The van der Waals surface area contributed by atoms with Crippen molar-refractivity contribution in [1.82, 2.24) is 14.4 Å². The fourth-order valence-corrected chi connectivity index (χ4v) is 2.46. The molecule has 0 radical (unpaired) electrons. The van der Waals surface area contributed by atoms with Gasteiger partial charge in [-0.05, 0) is 26.0 Å². The summed E-state index contributed by atoms with van der Waals surface area (Å²) >= 11 is 0. The maximum atomic E-state index is 11.2. The summed E-state index contributed by atoms with van der Waals surface area (Å²) in [5.41, 5.74) is 9.84. The van der Waals surface area contributed by atoms with Gasteiger partial charge in [-0.2, -0.15) is 0 Å². The number of amides is 1. The van der Waals surface area contributed by atoms with Crippen LogP contribution in [0.5, 0.6) is 0 Å². The van der Waals surface area contributed by atoms with Crippen LogP contribution < -0.4 is 5.73 Å². The molecular weight excluding hydrogens is 240 g/mol. The van der Waals surface area contributed by atoms with Crippen molar-refractivity contribution in [1.29, 1.82) is 0 Å². The fraction of sp³-hybridized carbons (Fsp3) is 0.214. The molecule has 3 aromatic rings. The number of nitrogens with zero attached hydrogens (tertiary/aromatic N) is 3. The molecular formula is C14H14N4O. The Labute approximate surface area is 110 Å². The number of benzene rings is 1. The molecule has 0 spiro atoms. The summed E-state index contributed by atoms with van der Waals surface area (Å²) in [6.07, 6.45) is 0.202. The number of hydrogen-bond acceptors (Lipinski definition) is 3. The third-order valence-electron chi connectivity index (χ3n) is 3.37. The van der Waals surface area contributed by atoms with Gasteiger partial charge >= 0.3 is 0 Å². The zero-order valence-corrected chi connectivity index (χ0v) is 10.8. The van der Waals surface area contributed by atoms with E-state index in [1.807, 2.05) is 42.5 Å². The molecule has 1 amide bonds. The summed E-state index contributed by atoms with van der Waals surface area (Å²) in [4.78, 5) is 20.1. The standard InChI is InChI=1S/C14H14N4O/c1-8-10(7-13(15)19)9(2)18-12-6-4-3-5-11(12)17-14(18)16-8/h3-6H,7H2,1-2H3,(H2,15,19). The first kappa shape index (κ1) is 11.6. The number of aryl methyl sites for hydroxylation is 2.